The molecule has 1 heterocycles. The molecule has 1 unspecified atom stereocenters. The van der Waals surface area contributed by atoms with Crippen LogP contribution >= 0.6 is 11.3 Å². The number of anilines is 1. The second kappa shape index (κ2) is 8.84. The molecule has 0 spiro atoms. The second-order valence-electron chi connectivity index (χ2n) is 6.39. The van der Waals surface area contributed by atoms with Crippen LogP contribution in [0.15, 0.2) is 42.5 Å². The highest BCUT2D eigenvalue weighted by Gasteiger charge is 2.20. The van der Waals surface area contributed by atoms with Crippen molar-refractivity contribution >= 4 is 22.4 Å². The molecule has 28 heavy (non-hydrogen) atoms. The summed E-state index contributed by atoms with van der Waals surface area (Å²) in [5.74, 6) is 1.22. The van der Waals surface area contributed by atoms with E-state index in [2.05, 4.69) is 15.5 Å². The quantitative estimate of drug-likeness (QED) is 0.629. The van der Waals surface area contributed by atoms with Crippen LogP contribution in [0.2, 0.25) is 0 Å². The largest absolute Gasteiger partial charge is 0.497 e. The number of benzene rings is 2. The van der Waals surface area contributed by atoms with Gasteiger partial charge in [-0.25, -0.2) is 0 Å². The maximum atomic E-state index is 12.6. The van der Waals surface area contributed by atoms with Gasteiger partial charge in [0, 0.05) is 5.56 Å². The van der Waals surface area contributed by atoms with Crippen molar-refractivity contribution in [3.8, 4) is 22.1 Å². The predicted molar refractivity (Wildman–Crippen MR) is 111 cm³/mol. The fourth-order valence-electron chi connectivity index (χ4n) is 2.58. The molecule has 1 aromatic heterocycles. The standard InChI is InChI=1S/C21H23N3O3S/c1-5-18(27-17-9-6-13(2)14(3)12-17)19(25)22-21-24-23-20(28-21)15-7-10-16(26-4)11-8-15/h6-12,18H,5H2,1-4H3,(H,22,24,25). The maximum absolute atomic E-state index is 12.6. The van der Waals surface area contributed by atoms with E-state index >= 15 is 0 Å². The number of nitrogens with zero attached hydrogens (tertiary/aromatic N) is 2. The highest BCUT2D eigenvalue weighted by atomic mass is 32.1. The van der Waals surface area contributed by atoms with Crippen LogP contribution in [0.3, 0.4) is 0 Å². The van der Waals surface area contributed by atoms with Crippen molar-refractivity contribution < 1.29 is 14.3 Å². The van der Waals surface area contributed by atoms with E-state index in [1.165, 1.54) is 16.9 Å². The summed E-state index contributed by atoms with van der Waals surface area (Å²) in [6, 6.07) is 13.3. The van der Waals surface area contributed by atoms with E-state index in [-0.39, 0.29) is 5.91 Å². The Bertz CT molecular complexity index is 954. The van der Waals surface area contributed by atoms with Gasteiger partial charge in [-0.15, -0.1) is 10.2 Å². The summed E-state index contributed by atoms with van der Waals surface area (Å²) in [5, 5.41) is 12.2. The van der Waals surface area contributed by atoms with Crippen LogP contribution in [0, 0.1) is 13.8 Å². The third-order valence-corrected chi connectivity index (χ3v) is 5.30. The monoisotopic (exact) mass is 397 g/mol. The first-order chi connectivity index (χ1) is 13.5. The molecule has 0 radical (unpaired) electrons. The Balaban J connectivity index is 1.67. The number of hydrogen-bond donors (Lipinski definition) is 1. The topological polar surface area (TPSA) is 73.3 Å². The van der Waals surface area contributed by atoms with Crippen LogP contribution in [-0.2, 0) is 4.79 Å². The molecule has 0 aliphatic heterocycles. The lowest BCUT2D eigenvalue weighted by Gasteiger charge is -2.17. The van der Waals surface area contributed by atoms with Crippen molar-refractivity contribution in [2.75, 3.05) is 12.4 Å². The van der Waals surface area contributed by atoms with Gasteiger partial charge in [0.2, 0.25) is 5.13 Å². The van der Waals surface area contributed by atoms with E-state index in [1.54, 1.807) is 7.11 Å². The van der Waals surface area contributed by atoms with Gasteiger partial charge in [-0.3, -0.25) is 10.1 Å². The lowest BCUT2D eigenvalue weighted by atomic mass is 10.1. The van der Waals surface area contributed by atoms with Crippen molar-refractivity contribution in [1.82, 2.24) is 10.2 Å². The highest BCUT2D eigenvalue weighted by Crippen LogP contribution is 2.28. The highest BCUT2D eigenvalue weighted by molar-refractivity contribution is 7.18. The fourth-order valence-corrected chi connectivity index (χ4v) is 3.34. The van der Waals surface area contributed by atoms with Crippen LogP contribution in [-0.4, -0.2) is 29.3 Å². The third kappa shape index (κ3) is 4.67. The molecule has 1 atom stereocenters. The molecular weight excluding hydrogens is 374 g/mol. The number of nitrogens with one attached hydrogen (secondary N) is 1. The molecular formula is C21H23N3O3S. The zero-order valence-corrected chi connectivity index (χ0v) is 17.2. The Morgan fingerprint density at radius 1 is 1.07 bits per heavy atom. The Morgan fingerprint density at radius 2 is 1.79 bits per heavy atom. The number of carbonyl (C=O) groups excluding carboxylic acids is 1. The van der Waals surface area contributed by atoms with Crippen LogP contribution in [0.1, 0.15) is 24.5 Å². The molecule has 3 rings (SSSR count). The van der Waals surface area contributed by atoms with Crippen LogP contribution < -0.4 is 14.8 Å². The number of hydrogen-bond acceptors (Lipinski definition) is 6. The Hall–Kier alpha value is -2.93. The second-order valence-corrected chi connectivity index (χ2v) is 7.37. The lowest BCUT2D eigenvalue weighted by Crippen LogP contribution is -2.32. The molecule has 1 N–H and O–H groups in total. The summed E-state index contributed by atoms with van der Waals surface area (Å²) >= 11 is 1.32. The van der Waals surface area contributed by atoms with Gasteiger partial charge in [-0.1, -0.05) is 24.3 Å². The van der Waals surface area contributed by atoms with Crippen molar-refractivity contribution in [2.45, 2.75) is 33.3 Å². The molecule has 6 nitrogen and oxygen atoms in total. The van der Waals surface area contributed by atoms with Gasteiger partial charge in [0.05, 0.1) is 7.11 Å². The number of carbonyl (C=O) groups is 1. The summed E-state index contributed by atoms with van der Waals surface area (Å²) < 4.78 is 11.0. The summed E-state index contributed by atoms with van der Waals surface area (Å²) in [7, 11) is 1.62. The SMILES string of the molecule is CCC(Oc1ccc(C)c(C)c1)C(=O)Nc1nnc(-c2ccc(OC)cc2)s1. The molecule has 0 aliphatic carbocycles. The zero-order chi connectivity index (χ0) is 20.1. The Morgan fingerprint density at radius 3 is 2.43 bits per heavy atom. The molecule has 0 saturated heterocycles. The number of ether oxygens (including phenoxy) is 2. The van der Waals surface area contributed by atoms with E-state index < -0.39 is 6.10 Å². The fraction of sp³-hybridized carbons (Fsp3) is 0.286. The predicted octanol–water partition coefficient (Wildman–Crippen LogP) is 4.63. The van der Waals surface area contributed by atoms with E-state index in [4.69, 9.17) is 9.47 Å². The molecule has 0 aliphatic rings. The first-order valence-electron chi connectivity index (χ1n) is 9.03. The van der Waals surface area contributed by atoms with Gasteiger partial charge in [0.1, 0.15) is 16.5 Å². The van der Waals surface area contributed by atoms with Crippen molar-refractivity contribution in [2.24, 2.45) is 0 Å². The summed E-state index contributed by atoms with van der Waals surface area (Å²) in [6.45, 7) is 5.97. The normalized spacial score (nSPS) is 11.7. The van der Waals surface area contributed by atoms with Crippen LogP contribution in [0.4, 0.5) is 5.13 Å². The minimum atomic E-state index is -0.601. The summed E-state index contributed by atoms with van der Waals surface area (Å²) in [5.41, 5.74) is 3.23. The van der Waals surface area contributed by atoms with Gasteiger partial charge in [0.15, 0.2) is 6.10 Å². The van der Waals surface area contributed by atoms with Gasteiger partial charge in [-0.2, -0.15) is 0 Å². The van der Waals surface area contributed by atoms with Gasteiger partial charge in [-0.05, 0) is 67.8 Å². The molecule has 7 heteroatoms. The smallest absolute Gasteiger partial charge is 0.267 e. The van der Waals surface area contributed by atoms with Crippen molar-refractivity contribution in [3.05, 3.63) is 53.6 Å². The first-order valence-corrected chi connectivity index (χ1v) is 9.84. The van der Waals surface area contributed by atoms with E-state index in [0.717, 1.165) is 21.9 Å². The number of rotatable bonds is 7. The lowest BCUT2D eigenvalue weighted by molar-refractivity contribution is -0.122. The minimum Gasteiger partial charge on any atom is -0.497 e. The average molecular weight is 398 g/mol. The molecule has 3 aromatic rings. The van der Waals surface area contributed by atoms with Crippen molar-refractivity contribution in [1.29, 1.82) is 0 Å². The Labute approximate surface area is 168 Å². The summed E-state index contributed by atoms with van der Waals surface area (Å²) in [6.07, 6.45) is -0.0569. The molecule has 0 bridgehead atoms. The van der Waals surface area contributed by atoms with Crippen LogP contribution in [0.5, 0.6) is 11.5 Å². The molecule has 0 saturated carbocycles. The third-order valence-electron chi connectivity index (χ3n) is 4.41. The van der Waals surface area contributed by atoms with Crippen molar-refractivity contribution in [3.63, 3.8) is 0 Å². The van der Waals surface area contributed by atoms with Gasteiger partial charge < -0.3 is 9.47 Å². The summed E-state index contributed by atoms with van der Waals surface area (Å²) in [4.78, 5) is 12.6. The maximum Gasteiger partial charge on any atom is 0.267 e. The molecule has 146 valence electrons. The van der Waals surface area contributed by atoms with E-state index in [1.807, 2.05) is 63.2 Å². The van der Waals surface area contributed by atoms with Crippen LogP contribution in [0.25, 0.3) is 10.6 Å². The Kier molecular flexibility index (Phi) is 6.26. The number of aryl methyl sites for hydroxylation is 2. The number of aromatic nitrogens is 2. The minimum absolute atomic E-state index is 0.238. The van der Waals surface area contributed by atoms with Gasteiger partial charge in [0.25, 0.3) is 5.91 Å². The number of methoxy groups -OCH3 is 1. The molecule has 2 aromatic carbocycles. The van der Waals surface area contributed by atoms with E-state index in [9.17, 15) is 4.79 Å². The molecule has 0 fully saturated rings. The first kappa shape index (κ1) is 19.8. The number of amides is 1. The average Bonchev–Trinajstić information content (AvgIpc) is 3.17. The van der Waals surface area contributed by atoms with Gasteiger partial charge >= 0.3 is 0 Å². The zero-order valence-electron chi connectivity index (χ0n) is 16.4. The molecule has 1 amide bonds. The van der Waals surface area contributed by atoms with E-state index in [0.29, 0.717) is 17.3 Å².